The highest BCUT2D eigenvalue weighted by molar-refractivity contribution is 7.89. The minimum Gasteiger partial charge on any atom is -0.302 e. The quantitative estimate of drug-likeness (QED) is 0.899. The molecular weight excluding hydrogens is 320 g/mol. The van der Waals surface area contributed by atoms with Gasteiger partial charge in [-0.2, -0.15) is 8.75 Å². The van der Waals surface area contributed by atoms with Crippen LogP contribution in [0.3, 0.4) is 0 Å². The van der Waals surface area contributed by atoms with Crippen molar-refractivity contribution in [3.63, 3.8) is 0 Å². The maximum absolute atomic E-state index is 12.5. The van der Waals surface area contributed by atoms with Crippen LogP contribution in [0.1, 0.15) is 25.7 Å². The zero-order valence-corrected chi connectivity index (χ0v) is 14.0. The Hall–Kier alpha value is -1.09. The van der Waals surface area contributed by atoms with Crippen LogP contribution < -0.4 is 4.72 Å². The predicted molar refractivity (Wildman–Crippen MR) is 87.5 cm³/mol. The van der Waals surface area contributed by atoms with E-state index in [1.54, 1.807) is 18.2 Å². The minimum atomic E-state index is -3.54. The lowest BCUT2D eigenvalue weighted by atomic mass is 10.2. The molecule has 0 atom stereocenters. The Balaban J connectivity index is 1.65. The van der Waals surface area contributed by atoms with E-state index in [0.29, 0.717) is 17.6 Å². The number of fused-ring (bicyclic) bond motifs is 1. The summed E-state index contributed by atoms with van der Waals surface area (Å²) in [6, 6.07) is 5.06. The van der Waals surface area contributed by atoms with Gasteiger partial charge in [0.2, 0.25) is 10.0 Å². The fraction of sp³-hybridized carbons (Fsp3) is 0.571. The third-order valence-corrected chi connectivity index (χ3v) is 5.99. The molecule has 1 N–H and O–H groups in total. The lowest BCUT2D eigenvalue weighted by Crippen LogP contribution is -2.35. The summed E-state index contributed by atoms with van der Waals surface area (Å²) in [4.78, 5) is 2.55. The number of rotatable bonds is 5. The molecule has 0 amide bonds. The van der Waals surface area contributed by atoms with Crippen LogP contribution >= 0.6 is 11.7 Å². The van der Waals surface area contributed by atoms with E-state index in [1.807, 2.05) is 0 Å². The highest BCUT2D eigenvalue weighted by Crippen LogP contribution is 2.20. The summed E-state index contributed by atoms with van der Waals surface area (Å²) in [5.41, 5.74) is 1.08. The standard InChI is InChI=1S/C14H20N4O2S2/c19-22(20,13-7-5-6-12-14(13)17-21-16-12)15-8-11-18-9-3-1-2-4-10-18/h5-7,15H,1-4,8-11H2. The summed E-state index contributed by atoms with van der Waals surface area (Å²) in [7, 11) is -3.54. The van der Waals surface area contributed by atoms with Crippen molar-refractivity contribution in [1.82, 2.24) is 18.4 Å². The molecule has 1 aliphatic rings. The van der Waals surface area contributed by atoms with Gasteiger partial charge in [-0.1, -0.05) is 18.9 Å². The van der Waals surface area contributed by atoms with Crippen molar-refractivity contribution in [3.05, 3.63) is 18.2 Å². The lowest BCUT2D eigenvalue weighted by molar-refractivity contribution is 0.290. The average Bonchev–Trinajstić information content (AvgIpc) is 2.83. The Morgan fingerprint density at radius 1 is 1.14 bits per heavy atom. The monoisotopic (exact) mass is 340 g/mol. The third-order valence-electron chi connectivity index (χ3n) is 3.96. The normalized spacial score (nSPS) is 17.6. The van der Waals surface area contributed by atoms with Crippen LogP contribution in [0.4, 0.5) is 0 Å². The van der Waals surface area contributed by atoms with E-state index in [2.05, 4.69) is 18.4 Å². The van der Waals surface area contributed by atoms with Crippen LogP contribution in [0.15, 0.2) is 23.1 Å². The second-order valence-corrected chi connectivity index (χ2v) is 7.81. The topological polar surface area (TPSA) is 75.2 Å². The van der Waals surface area contributed by atoms with Crippen molar-refractivity contribution in [3.8, 4) is 0 Å². The molecule has 0 aliphatic carbocycles. The van der Waals surface area contributed by atoms with Crippen LogP contribution in [0.5, 0.6) is 0 Å². The highest BCUT2D eigenvalue weighted by atomic mass is 32.2. The molecule has 8 heteroatoms. The van der Waals surface area contributed by atoms with E-state index >= 15 is 0 Å². The predicted octanol–water partition coefficient (Wildman–Crippen LogP) is 1.85. The van der Waals surface area contributed by atoms with Gasteiger partial charge >= 0.3 is 0 Å². The molecule has 1 saturated heterocycles. The van der Waals surface area contributed by atoms with Gasteiger partial charge in [0.15, 0.2) is 0 Å². The zero-order chi connectivity index (χ0) is 15.4. The van der Waals surface area contributed by atoms with Crippen LogP contribution in [-0.2, 0) is 10.0 Å². The number of likely N-dealkylation sites (tertiary alicyclic amines) is 1. The number of hydrogen-bond acceptors (Lipinski definition) is 6. The Labute approximate surface area is 134 Å². The number of nitrogens with zero attached hydrogens (tertiary/aromatic N) is 3. The first-order chi connectivity index (χ1) is 10.7. The fourth-order valence-electron chi connectivity index (χ4n) is 2.77. The van der Waals surface area contributed by atoms with Gasteiger partial charge in [-0.05, 0) is 38.1 Å². The van der Waals surface area contributed by atoms with Gasteiger partial charge in [0.25, 0.3) is 0 Å². The highest BCUT2D eigenvalue weighted by Gasteiger charge is 2.19. The van der Waals surface area contributed by atoms with Crippen molar-refractivity contribution in [2.75, 3.05) is 26.2 Å². The molecule has 6 nitrogen and oxygen atoms in total. The van der Waals surface area contributed by atoms with E-state index in [4.69, 9.17) is 0 Å². The molecule has 0 spiro atoms. The molecule has 22 heavy (non-hydrogen) atoms. The Morgan fingerprint density at radius 2 is 1.91 bits per heavy atom. The first-order valence-electron chi connectivity index (χ1n) is 7.60. The van der Waals surface area contributed by atoms with Gasteiger partial charge in [0, 0.05) is 13.1 Å². The van der Waals surface area contributed by atoms with Crippen molar-refractivity contribution >= 4 is 32.8 Å². The number of aromatic nitrogens is 2. The molecule has 1 aromatic heterocycles. The van der Waals surface area contributed by atoms with Crippen LogP contribution in [0, 0.1) is 0 Å². The fourth-order valence-corrected chi connectivity index (χ4v) is 4.56. The SMILES string of the molecule is O=S(=O)(NCCN1CCCCCC1)c1cccc2nsnc12. The van der Waals surface area contributed by atoms with E-state index in [-0.39, 0.29) is 4.90 Å². The second kappa shape index (κ2) is 6.99. The summed E-state index contributed by atoms with van der Waals surface area (Å²) in [6.45, 7) is 3.31. The van der Waals surface area contributed by atoms with Gasteiger partial charge in [0.1, 0.15) is 15.9 Å². The Bertz CT molecular complexity index is 721. The van der Waals surface area contributed by atoms with E-state index in [9.17, 15) is 8.42 Å². The van der Waals surface area contributed by atoms with Crippen molar-refractivity contribution < 1.29 is 8.42 Å². The molecular formula is C14H20N4O2S2. The second-order valence-electron chi connectivity index (χ2n) is 5.54. The van der Waals surface area contributed by atoms with E-state index < -0.39 is 10.0 Å². The molecule has 0 unspecified atom stereocenters. The molecule has 2 aromatic rings. The van der Waals surface area contributed by atoms with Gasteiger partial charge in [-0.25, -0.2) is 13.1 Å². The zero-order valence-electron chi connectivity index (χ0n) is 12.4. The minimum absolute atomic E-state index is 0.217. The van der Waals surface area contributed by atoms with E-state index in [1.165, 1.54) is 25.7 Å². The van der Waals surface area contributed by atoms with Gasteiger partial charge < -0.3 is 4.90 Å². The van der Waals surface area contributed by atoms with E-state index in [0.717, 1.165) is 31.4 Å². The first-order valence-corrected chi connectivity index (χ1v) is 9.81. The summed E-state index contributed by atoms with van der Waals surface area (Å²) in [5, 5.41) is 0. The average molecular weight is 340 g/mol. The largest absolute Gasteiger partial charge is 0.302 e. The molecule has 2 heterocycles. The smallest absolute Gasteiger partial charge is 0.242 e. The molecule has 1 aliphatic heterocycles. The third kappa shape index (κ3) is 3.62. The number of hydrogen-bond donors (Lipinski definition) is 1. The molecule has 1 aromatic carbocycles. The van der Waals surface area contributed by atoms with Crippen molar-refractivity contribution in [1.29, 1.82) is 0 Å². The number of nitrogens with one attached hydrogen (secondary N) is 1. The molecule has 120 valence electrons. The maximum atomic E-state index is 12.5. The van der Waals surface area contributed by atoms with Crippen LogP contribution in [-0.4, -0.2) is 48.2 Å². The summed E-state index contributed by atoms with van der Waals surface area (Å²) >= 11 is 1.03. The van der Waals surface area contributed by atoms with Crippen molar-refractivity contribution in [2.24, 2.45) is 0 Å². The van der Waals surface area contributed by atoms with Crippen molar-refractivity contribution in [2.45, 2.75) is 30.6 Å². The van der Waals surface area contributed by atoms with Crippen LogP contribution in [0.25, 0.3) is 11.0 Å². The Kier molecular flexibility index (Phi) is 5.02. The molecule has 0 saturated carbocycles. The first kappa shape index (κ1) is 15.8. The maximum Gasteiger partial charge on any atom is 0.242 e. The molecule has 0 bridgehead atoms. The number of benzene rings is 1. The van der Waals surface area contributed by atoms with Gasteiger partial charge in [-0.3, -0.25) is 0 Å². The summed E-state index contributed by atoms with van der Waals surface area (Å²) in [5.74, 6) is 0. The lowest BCUT2D eigenvalue weighted by Gasteiger charge is -2.19. The molecule has 3 rings (SSSR count). The molecule has 0 radical (unpaired) electrons. The van der Waals surface area contributed by atoms with Crippen LogP contribution in [0.2, 0.25) is 0 Å². The Morgan fingerprint density at radius 3 is 2.68 bits per heavy atom. The van der Waals surface area contributed by atoms with Gasteiger partial charge in [-0.15, -0.1) is 0 Å². The van der Waals surface area contributed by atoms with Gasteiger partial charge in [0.05, 0.1) is 11.7 Å². The summed E-state index contributed by atoms with van der Waals surface area (Å²) in [6.07, 6.45) is 4.97. The number of sulfonamides is 1. The molecule has 1 fully saturated rings. The summed E-state index contributed by atoms with van der Waals surface area (Å²) < 4.78 is 35.8.